The molecule has 0 fully saturated rings. The molecule has 0 aliphatic rings. The van der Waals surface area contributed by atoms with E-state index in [2.05, 4.69) is 5.32 Å². The Morgan fingerprint density at radius 2 is 1.83 bits per heavy atom. The molecule has 2 aromatic carbocycles. The lowest BCUT2D eigenvalue weighted by Crippen LogP contribution is -2.30. The highest BCUT2D eigenvalue weighted by Gasteiger charge is 2.19. The molecule has 0 spiro atoms. The number of benzene rings is 2. The molecule has 0 heterocycles. The van der Waals surface area contributed by atoms with Gasteiger partial charge in [-0.25, -0.2) is 9.18 Å². The quantitative estimate of drug-likeness (QED) is 0.655. The van der Waals surface area contributed by atoms with Crippen molar-refractivity contribution < 1.29 is 18.7 Å². The molecule has 2 aromatic rings. The van der Waals surface area contributed by atoms with Crippen molar-refractivity contribution in [1.29, 1.82) is 0 Å². The van der Waals surface area contributed by atoms with Gasteiger partial charge in [0, 0.05) is 10.6 Å². The van der Waals surface area contributed by atoms with Gasteiger partial charge in [-0.05, 0) is 62.1 Å². The first-order chi connectivity index (χ1) is 11.4. The van der Waals surface area contributed by atoms with Gasteiger partial charge in [0.25, 0.3) is 5.91 Å². The SMILES string of the molecule is CSc1ccc(C(=O)O[C@H](C)C(=O)Nc2ccc(C)c(F)c2)cc1. The number of amides is 1. The number of ether oxygens (including phenoxy) is 1. The second-order valence-electron chi connectivity index (χ2n) is 5.23. The molecule has 0 saturated heterocycles. The maximum Gasteiger partial charge on any atom is 0.338 e. The van der Waals surface area contributed by atoms with E-state index >= 15 is 0 Å². The molecule has 0 radical (unpaired) electrons. The molecule has 1 N–H and O–H groups in total. The van der Waals surface area contributed by atoms with Crippen molar-refractivity contribution in [3.05, 3.63) is 59.4 Å². The van der Waals surface area contributed by atoms with Crippen LogP contribution in [0.2, 0.25) is 0 Å². The molecule has 126 valence electrons. The van der Waals surface area contributed by atoms with Gasteiger partial charge >= 0.3 is 5.97 Å². The number of carbonyl (C=O) groups excluding carboxylic acids is 2. The fourth-order valence-electron chi connectivity index (χ4n) is 1.92. The summed E-state index contributed by atoms with van der Waals surface area (Å²) in [4.78, 5) is 25.1. The average molecular weight is 347 g/mol. The third-order valence-electron chi connectivity index (χ3n) is 3.42. The summed E-state index contributed by atoms with van der Waals surface area (Å²) in [6.07, 6.45) is 0.940. The maximum absolute atomic E-state index is 13.5. The van der Waals surface area contributed by atoms with E-state index in [4.69, 9.17) is 4.74 Å². The zero-order valence-corrected chi connectivity index (χ0v) is 14.4. The van der Waals surface area contributed by atoms with Crippen LogP contribution < -0.4 is 5.32 Å². The number of nitrogens with one attached hydrogen (secondary N) is 1. The molecule has 0 unspecified atom stereocenters. The molecule has 0 aliphatic heterocycles. The van der Waals surface area contributed by atoms with Gasteiger partial charge in [-0.1, -0.05) is 6.07 Å². The van der Waals surface area contributed by atoms with Gasteiger partial charge in [0.2, 0.25) is 0 Å². The third kappa shape index (κ3) is 4.58. The van der Waals surface area contributed by atoms with Crippen LogP contribution in [-0.2, 0) is 9.53 Å². The number of aryl methyl sites for hydroxylation is 1. The second kappa shape index (κ2) is 7.97. The maximum atomic E-state index is 13.5. The minimum Gasteiger partial charge on any atom is -0.449 e. The van der Waals surface area contributed by atoms with Gasteiger partial charge in [0.15, 0.2) is 6.10 Å². The molecular weight excluding hydrogens is 329 g/mol. The molecule has 0 aromatic heterocycles. The highest BCUT2D eigenvalue weighted by atomic mass is 32.2. The Labute approximate surface area is 144 Å². The van der Waals surface area contributed by atoms with Crippen LogP contribution in [0.3, 0.4) is 0 Å². The number of anilines is 1. The summed E-state index contributed by atoms with van der Waals surface area (Å²) >= 11 is 1.56. The number of halogens is 1. The van der Waals surface area contributed by atoms with Crippen molar-refractivity contribution in [3.63, 3.8) is 0 Å². The van der Waals surface area contributed by atoms with E-state index < -0.39 is 23.8 Å². The highest BCUT2D eigenvalue weighted by molar-refractivity contribution is 7.98. The largest absolute Gasteiger partial charge is 0.449 e. The highest BCUT2D eigenvalue weighted by Crippen LogP contribution is 2.17. The first kappa shape index (κ1) is 18.0. The smallest absolute Gasteiger partial charge is 0.338 e. The minimum atomic E-state index is -0.998. The van der Waals surface area contributed by atoms with Crippen LogP contribution in [0.4, 0.5) is 10.1 Å². The van der Waals surface area contributed by atoms with Crippen LogP contribution in [0.25, 0.3) is 0 Å². The normalized spacial score (nSPS) is 11.7. The molecule has 24 heavy (non-hydrogen) atoms. The van der Waals surface area contributed by atoms with Crippen LogP contribution in [0, 0.1) is 12.7 Å². The zero-order chi connectivity index (χ0) is 17.7. The van der Waals surface area contributed by atoms with Gasteiger partial charge in [-0.2, -0.15) is 0 Å². The van der Waals surface area contributed by atoms with Crippen LogP contribution in [0.5, 0.6) is 0 Å². The van der Waals surface area contributed by atoms with E-state index in [1.165, 1.54) is 13.0 Å². The zero-order valence-electron chi connectivity index (χ0n) is 13.6. The Hall–Kier alpha value is -2.34. The first-order valence-corrected chi connectivity index (χ1v) is 8.55. The summed E-state index contributed by atoms with van der Waals surface area (Å²) in [6, 6.07) is 11.3. The van der Waals surface area contributed by atoms with Crippen molar-refractivity contribution >= 4 is 29.3 Å². The van der Waals surface area contributed by atoms with Gasteiger partial charge in [0.1, 0.15) is 5.82 Å². The summed E-state index contributed by atoms with van der Waals surface area (Å²) in [5.41, 5.74) is 1.17. The van der Waals surface area contributed by atoms with E-state index in [1.807, 2.05) is 6.26 Å². The molecule has 6 heteroatoms. The van der Waals surface area contributed by atoms with Crippen LogP contribution in [0.1, 0.15) is 22.8 Å². The van der Waals surface area contributed by atoms with Crippen molar-refractivity contribution in [3.8, 4) is 0 Å². The Bertz CT molecular complexity index is 746. The number of carbonyl (C=O) groups is 2. The summed E-state index contributed by atoms with van der Waals surface area (Å²) in [5.74, 6) is -1.51. The molecule has 1 amide bonds. The summed E-state index contributed by atoms with van der Waals surface area (Å²) in [5, 5.41) is 2.53. The van der Waals surface area contributed by atoms with E-state index in [0.29, 0.717) is 16.8 Å². The van der Waals surface area contributed by atoms with Crippen molar-refractivity contribution in [2.45, 2.75) is 24.8 Å². The Balaban J connectivity index is 1.97. The Kier molecular flexibility index (Phi) is 5.98. The van der Waals surface area contributed by atoms with Crippen molar-refractivity contribution in [2.24, 2.45) is 0 Å². The fraction of sp³-hybridized carbons (Fsp3) is 0.222. The van der Waals surface area contributed by atoms with Crippen LogP contribution >= 0.6 is 11.8 Å². The van der Waals surface area contributed by atoms with Gasteiger partial charge in [-0.15, -0.1) is 11.8 Å². The first-order valence-electron chi connectivity index (χ1n) is 7.32. The average Bonchev–Trinajstić information content (AvgIpc) is 2.58. The number of hydrogen-bond acceptors (Lipinski definition) is 4. The molecule has 2 rings (SSSR count). The molecule has 1 atom stereocenters. The van der Waals surface area contributed by atoms with Crippen molar-refractivity contribution in [2.75, 3.05) is 11.6 Å². The summed E-state index contributed by atoms with van der Waals surface area (Å²) < 4.78 is 18.6. The lowest BCUT2D eigenvalue weighted by molar-refractivity contribution is -0.123. The number of hydrogen-bond donors (Lipinski definition) is 1. The number of thioether (sulfide) groups is 1. The molecular formula is C18H18FNO3S. The molecule has 0 saturated carbocycles. The van der Waals surface area contributed by atoms with Crippen LogP contribution in [0.15, 0.2) is 47.4 Å². The lowest BCUT2D eigenvalue weighted by atomic mass is 10.2. The van der Waals surface area contributed by atoms with E-state index in [9.17, 15) is 14.0 Å². The van der Waals surface area contributed by atoms with E-state index in [-0.39, 0.29) is 0 Å². The number of esters is 1. The summed E-state index contributed by atoms with van der Waals surface area (Å²) in [7, 11) is 0. The predicted octanol–water partition coefficient (Wildman–Crippen LogP) is 4.04. The van der Waals surface area contributed by atoms with Gasteiger partial charge < -0.3 is 10.1 Å². The van der Waals surface area contributed by atoms with E-state index in [1.54, 1.807) is 55.1 Å². The standard InChI is InChI=1S/C18H18FNO3S/c1-11-4-7-14(10-16(11)19)20-17(21)12(2)23-18(22)13-5-8-15(24-3)9-6-13/h4-10,12H,1-3H3,(H,20,21)/t12-/m1/s1. The monoisotopic (exact) mass is 347 g/mol. The van der Waals surface area contributed by atoms with Crippen LogP contribution in [-0.4, -0.2) is 24.2 Å². The predicted molar refractivity (Wildman–Crippen MR) is 92.9 cm³/mol. The fourth-order valence-corrected chi connectivity index (χ4v) is 2.33. The third-order valence-corrected chi connectivity index (χ3v) is 4.16. The van der Waals surface area contributed by atoms with Crippen molar-refractivity contribution in [1.82, 2.24) is 0 Å². The molecule has 0 aliphatic carbocycles. The molecule has 0 bridgehead atoms. The number of rotatable bonds is 5. The topological polar surface area (TPSA) is 55.4 Å². The van der Waals surface area contributed by atoms with E-state index in [0.717, 1.165) is 4.90 Å². The minimum absolute atomic E-state index is 0.315. The summed E-state index contributed by atoms with van der Waals surface area (Å²) in [6.45, 7) is 3.10. The van der Waals surface area contributed by atoms with Gasteiger partial charge in [0.05, 0.1) is 5.56 Å². The molecule has 4 nitrogen and oxygen atoms in total. The second-order valence-corrected chi connectivity index (χ2v) is 6.11. The Morgan fingerprint density at radius 3 is 2.42 bits per heavy atom. The van der Waals surface area contributed by atoms with Gasteiger partial charge in [-0.3, -0.25) is 4.79 Å². The Morgan fingerprint density at radius 1 is 1.17 bits per heavy atom. The lowest BCUT2D eigenvalue weighted by Gasteiger charge is -2.14.